The van der Waals surface area contributed by atoms with Crippen molar-refractivity contribution in [2.24, 2.45) is 5.92 Å². The molecule has 1 nitrogen and oxygen atoms in total. The van der Waals surface area contributed by atoms with Gasteiger partial charge in [-0.25, -0.2) is 8.78 Å². The number of carbonyl (C=O) groups excluding carboxylic acids is 1. The molecule has 0 N–H and O–H groups in total. The van der Waals surface area contributed by atoms with Crippen molar-refractivity contribution in [3.63, 3.8) is 0 Å². The number of benzene rings is 1. The topological polar surface area (TPSA) is 17.1 Å². The van der Waals surface area contributed by atoms with Gasteiger partial charge in [0.25, 0.3) is 0 Å². The van der Waals surface area contributed by atoms with Gasteiger partial charge in [0.1, 0.15) is 17.4 Å². The van der Waals surface area contributed by atoms with E-state index in [0.717, 1.165) is 31.7 Å². The van der Waals surface area contributed by atoms with Crippen molar-refractivity contribution in [1.82, 2.24) is 0 Å². The van der Waals surface area contributed by atoms with Crippen LogP contribution in [0.1, 0.15) is 51.5 Å². The van der Waals surface area contributed by atoms with E-state index < -0.39 is 11.6 Å². The molecule has 0 saturated carbocycles. The van der Waals surface area contributed by atoms with Crippen molar-refractivity contribution in [2.45, 2.75) is 52.4 Å². The second kappa shape index (κ2) is 8.03. The minimum atomic E-state index is -0.630. The van der Waals surface area contributed by atoms with E-state index in [1.54, 1.807) is 0 Å². The standard InChI is InChI=1S/C16H22F2O/c1-3-5-6-12(4-2)9-15(19)10-13-7-8-14(17)11-16(13)18/h7-8,11-12H,3-6,9-10H2,1-2H3. The van der Waals surface area contributed by atoms with Gasteiger partial charge in [-0.3, -0.25) is 4.79 Å². The van der Waals surface area contributed by atoms with Crippen LogP contribution in [0, 0.1) is 17.6 Å². The van der Waals surface area contributed by atoms with E-state index in [4.69, 9.17) is 0 Å². The number of halogens is 2. The third-order valence-corrected chi connectivity index (χ3v) is 3.46. The molecular formula is C16H22F2O. The fourth-order valence-electron chi connectivity index (χ4n) is 2.21. The zero-order chi connectivity index (χ0) is 14.3. The summed E-state index contributed by atoms with van der Waals surface area (Å²) in [6, 6.07) is 3.38. The molecule has 0 aliphatic rings. The molecule has 19 heavy (non-hydrogen) atoms. The van der Waals surface area contributed by atoms with E-state index in [1.807, 2.05) is 0 Å². The summed E-state index contributed by atoms with van der Waals surface area (Å²) in [7, 11) is 0. The summed E-state index contributed by atoms with van der Waals surface area (Å²) in [5, 5.41) is 0. The highest BCUT2D eigenvalue weighted by atomic mass is 19.1. The molecule has 0 aliphatic heterocycles. The summed E-state index contributed by atoms with van der Waals surface area (Å²) in [6.07, 6.45) is 4.82. The van der Waals surface area contributed by atoms with Gasteiger partial charge in [0.15, 0.2) is 0 Å². The second-order valence-electron chi connectivity index (χ2n) is 5.07. The molecular weight excluding hydrogens is 246 g/mol. The maximum atomic E-state index is 13.4. The summed E-state index contributed by atoms with van der Waals surface area (Å²) in [6.45, 7) is 4.20. The van der Waals surface area contributed by atoms with Crippen molar-refractivity contribution in [1.29, 1.82) is 0 Å². The Morgan fingerprint density at radius 1 is 1.26 bits per heavy atom. The first kappa shape index (κ1) is 15.8. The monoisotopic (exact) mass is 268 g/mol. The minimum absolute atomic E-state index is 0.0356. The maximum Gasteiger partial charge on any atom is 0.137 e. The van der Waals surface area contributed by atoms with Crippen LogP contribution in [-0.2, 0) is 11.2 Å². The molecule has 1 rings (SSSR count). The summed E-state index contributed by atoms with van der Waals surface area (Å²) >= 11 is 0. The number of carbonyl (C=O) groups is 1. The van der Waals surface area contributed by atoms with Crippen LogP contribution in [0.2, 0.25) is 0 Å². The number of Topliss-reactive ketones (excluding diaryl/α,β-unsaturated/α-hetero) is 1. The molecule has 0 bridgehead atoms. The number of hydrogen-bond acceptors (Lipinski definition) is 1. The minimum Gasteiger partial charge on any atom is -0.299 e. The lowest BCUT2D eigenvalue weighted by molar-refractivity contribution is -0.119. The molecule has 3 heteroatoms. The number of ketones is 1. The Labute approximate surface area is 114 Å². The van der Waals surface area contributed by atoms with E-state index in [9.17, 15) is 13.6 Å². The molecule has 0 amide bonds. The molecule has 106 valence electrons. The Kier molecular flexibility index (Phi) is 6.68. The van der Waals surface area contributed by atoms with Gasteiger partial charge >= 0.3 is 0 Å². The van der Waals surface area contributed by atoms with Crippen LogP contribution in [0.15, 0.2) is 18.2 Å². The van der Waals surface area contributed by atoms with Gasteiger partial charge in [-0.05, 0) is 17.5 Å². The van der Waals surface area contributed by atoms with Gasteiger partial charge in [0, 0.05) is 18.9 Å². The molecule has 1 aromatic carbocycles. The molecule has 0 heterocycles. The second-order valence-corrected chi connectivity index (χ2v) is 5.07. The van der Waals surface area contributed by atoms with E-state index in [2.05, 4.69) is 13.8 Å². The van der Waals surface area contributed by atoms with Gasteiger partial charge < -0.3 is 0 Å². The fraction of sp³-hybridized carbons (Fsp3) is 0.562. The highest BCUT2D eigenvalue weighted by Gasteiger charge is 2.14. The molecule has 0 spiro atoms. The third kappa shape index (κ3) is 5.50. The smallest absolute Gasteiger partial charge is 0.137 e. The van der Waals surface area contributed by atoms with Crippen molar-refractivity contribution >= 4 is 5.78 Å². The largest absolute Gasteiger partial charge is 0.299 e. The van der Waals surface area contributed by atoms with Crippen molar-refractivity contribution < 1.29 is 13.6 Å². The predicted octanol–water partition coefficient (Wildman–Crippen LogP) is 4.68. The van der Waals surface area contributed by atoms with Crippen molar-refractivity contribution in [3.8, 4) is 0 Å². The van der Waals surface area contributed by atoms with Crippen LogP contribution in [-0.4, -0.2) is 5.78 Å². The van der Waals surface area contributed by atoms with Gasteiger partial charge in [0.2, 0.25) is 0 Å². The highest BCUT2D eigenvalue weighted by Crippen LogP contribution is 2.19. The predicted molar refractivity (Wildman–Crippen MR) is 73.0 cm³/mol. The summed E-state index contributed by atoms with van der Waals surface area (Å²) < 4.78 is 26.2. The van der Waals surface area contributed by atoms with E-state index in [-0.39, 0.29) is 17.8 Å². The Morgan fingerprint density at radius 3 is 2.58 bits per heavy atom. The Balaban J connectivity index is 2.54. The first-order valence-corrected chi connectivity index (χ1v) is 7.02. The fourth-order valence-corrected chi connectivity index (χ4v) is 2.21. The maximum absolute atomic E-state index is 13.4. The zero-order valence-electron chi connectivity index (χ0n) is 11.7. The molecule has 0 radical (unpaired) electrons. The lowest BCUT2D eigenvalue weighted by Gasteiger charge is -2.13. The molecule has 1 atom stereocenters. The Bertz CT molecular complexity index is 415. The van der Waals surface area contributed by atoms with Gasteiger partial charge in [-0.15, -0.1) is 0 Å². The van der Waals surface area contributed by atoms with Crippen LogP contribution in [0.3, 0.4) is 0 Å². The summed E-state index contributed by atoms with van der Waals surface area (Å²) in [5.74, 6) is -0.817. The first-order valence-electron chi connectivity index (χ1n) is 7.02. The van der Waals surface area contributed by atoms with E-state index in [0.29, 0.717) is 12.3 Å². The lowest BCUT2D eigenvalue weighted by atomic mass is 9.92. The molecule has 0 fully saturated rings. The van der Waals surface area contributed by atoms with Crippen LogP contribution < -0.4 is 0 Å². The lowest BCUT2D eigenvalue weighted by Crippen LogP contribution is -2.11. The number of unbranched alkanes of at least 4 members (excludes halogenated alkanes) is 1. The molecule has 1 unspecified atom stereocenters. The van der Waals surface area contributed by atoms with Gasteiger partial charge in [0.05, 0.1) is 0 Å². The quantitative estimate of drug-likeness (QED) is 0.669. The van der Waals surface area contributed by atoms with Gasteiger partial charge in [-0.2, -0.15) is 0 Å². The number of hydrogen-bond donors (Lipinski definition) is 0. The first-order chi connectivity index (χ1) is 9.06. The normalized spacial score (nSPS) is 12.4. The molecule has 0 aromatic heterocycles. The van der Waals surface area contributed by atoms with Crippen molar-refractivity contribution in [3.05, 3.63) is 35.4 Å². The average molecular weight is 268 g/mol. The van der Waals surface area contributed by atoms with E-state index >= 15 is 0 Å². The summed E-state index contributed by atoms with van der Waals surface area (Å²) in [5.41, 5.74) is 0.289. The molecule has 1 aromatic rings. The zero-order valence-corrected chi connectivity index (χ0v) is 11.7. The number of rotatable bonds is 8. The van der Waals surface area contributed by atoms with Gasteiger partial charge in [-0.1, -0.05) is 45.6 Å². The van der Waals surface area contributed by atoms with Crippen LogP contribution >= 0.6 is 0 Å². The van der Waals surface area contributed by atoms with Crippen LogP contribution in [0.25, 0.3) is 0 Å². The van der Waals surface area contributed by atoms with Crippen molar-refractivity contribution in [2.75, 3.05) is 0 Å². The SMILES string of the molecule is CCCCC(CC)CC(=O)Cc1ccc(F)cc1F. The van der Waals surface area contributed by atoms with E-state index in [1.165, 1.54) is 12.1 Å². The van der Waals surface area contributed by atoms with Crippen LogP contribution in [0.4, 0.5) is 8.78 Å². The molecule has 0 saturated heterocycles. The highest BCUT2D eigenvalue weighted by molar-refractivity contribution is 5.81. The Morgan fingerprint density at radius 2 is 2.00 bits per heavy atom. The third-order valence-electron chi connectivity index (χ3n) is 3.46. The summed E-state index contributed by atoms with van der Waals surface area (Å²) in [4.78, 5) is 11.9. The Hall–Kier alpha value is -1.25. The van der Waals surface area contributed by atoms with Crippen LogP contribution in [0.5, 0.6) is 0 Å². The average Bonchev–Trinajstić information content (AvgIpc) is 2.38. The molecule has 0 aliphatic carbocycles.